The molecule has 0 spiro atoms. The summed E-state index contributed by atoms with van der Waals surface area (Å²) in [5.74, 6) is 0. The van der Waals surface area contributed by atoms with Crippen LogP contribution in [0.5, 0.6) is 0 Å². The molecule has 0 unspecified atom stereocenters. The van der Waals surface area contributed by atoms with E-state index in [4.69, 9.17) is 14.4 Å². The van der Waals surface area contributed by atoms with Crippen LogP contribution in [0.3, 0.4) is 0 Å². The van der Waals surface area contributed by atoms with Gasteiger partial charge in [-0.25, -0.2) is 4.98 Å². The number of hydrogen-bond acceptors (Lipinski definition) is 4. The summed E-state index contributed by atoms with van der Waals surface area (Å²) in [6, 6.07) is 31.4. The van der Waals surface area contributed by atoms with Crippen LogP contribution in [0.1, 0.15) is 44.6 Å². The van der Waals surface area contributed by atoms with Gasteiger partial charge >= 0.3 is 0 Å². The third kappa shape index (κ3) is 6.44. The predicted molar refractivity (Wildman–Crippen MR) is 185 cm³/mol. The number of hydrogen-bond donors (Lipinski definition) is 0. The Balaban J connectivity index is 0.000000220. The van der Waals surface area contributed by atoms with E-state index in [9.17, 15) is 0 Å². The average molecular weight is 780 g/mol. The summed E-state index contributed by atoms with van der Waals surface area (Å²) in [6.07, 6.45) is 1.92. The van der Waals surface area contributed by atoms with Crippen molar-refractivity contribution < 1.29 is 24.5 Å². The van der Waals surface area contributed by atoms with Crippen LogP contribution in [0, 0.1) is 67.5 Å². The maximum atomic E-state index is 6.31. The second-order valence-corrected chi connectivity index (χ2v) is 12.0. The molecule has 0 aliphatic carbocycles. The Bertz CT molecular complexity index is 2150. The fourth-order valence-electron chi connectivity index (χ4n) is 5.63. The van der Waals surface area contributed by atoms with Gasteiger partial charge in [-0.2, -0.15) is 0 Å². The normalized spacial score (nSPS) is 10.9. The molecule has 7 aromatic rings. The smallest absolute Gasteiger partial charge is 0.216 e. The van der Waals surface area contributed by atoms with E-state index in [1.165, 1.54) is 38.9 Å². The molecular formula is C41H37IrN3O-2. The quantitative estimate of drug-likeness (QED) is 0.168. The number of rotatable bonds is 3. The van der Waals surface area contributed by atoms with Crippen molar-refractivity contribution in [2.24, 2.45) is 0 Å². The average Bonchev–Trinajstić information content (AvgIpc) is 3.40. The zero-order valence-electron chi connectivity index (χ0n) is 27.6. The molecule has 0 N–H and O–H groups in total. The van der Waals surface area contributed by atoms with Crippen LogP contribution in [-0.2, 0) is 20.1 Å². The minimum absolute atomic E-state index is 0. The van der Waals surface area contributed by atoms with E-state index in [-0.39, 0.29) is 20.1 Å². The first kappa shape index (κ1) is 32.9. The molecular weight excluding hydrogens is 743 g/mol. The summed E-state index contributed by atoms with van der Waals surface area (Å²) in [4.78, 5) is 14.1. The molecule has 0 saturated carbocycles. The molecule has 7 rings (SSSR count). The standard InChI is InChI=1S/C27H23N2O.C14H14N.Ir/c1-15-8-6-9-16(2)25(15)23-13-12-21-20-10-7-11-22(26(20)30-27(21)29-23)24-14-17(3)18(4)19(5)28-24;1-10-4-6-13(7-5-10)14-8-11(2)12(3)9-15-14;/h6-10,12-14H,1-5H3;4-6,8-9H,1-3H3;/q2*-1;. The number of benzene rings is 3. The van der Waals surface area contributed by atoms with Gasteiger partial charge in [0, 0.05) is 42.9 Å². The Hall–Kier alpha value is -4.44. The second kappa shape index (κ2) is 13.5. The summed E-state index contributed by atoms with van der Waals surface area (Å²) in [6.45, 7) is 16.7. The van der Waals surface area contributed by atoms with Crippen molar-refractivity contribution in [1.29, 1.82) is 0 Å². The first-order valence-electron chi connectivity index (χ1n) is 15.3. The summed E-state index contributed by atoms with van der Waals surface area (Å²) in [7, 11) is 0. The van der Waals surface area contributed by atoms with Crippen LogP contribution >= 0.6 is 0 Å². The van der Waals surface area contributed by atoms with E-state index in [1.54, 1.807) is 0 Å². The number of nitrogens with zero attached hydrogens (tertiary/aromatic N) is 3. The minimum atomic E-state index is 0. The molecule has 0 aliphatic rings. The van der Waals surface area contributed by atoms with Crippen LogP contribution in [0.2, 0.25) is 0 Å². The molecule has 0 saturated heterocycles. The summed E-state index contributed by atoms with van der Waals surface area (Å²) >= 11 is 0. The van der Waals surface area contributed by atoms with Gasteiger partial charge in [0.25, 0.3) is 0 Å². The van der Waals surface area contributed by atoms with E-state index in [1.807, 2.05) is 31.3 Å². The second-order valence-electron chi connectivity index (χ2n) is 12.0. The van der Waals surface area contributed by atoms with Crippen molar-refractivity contribution in [3.63, 3.8) is 0 Å². The molecule has 233 valence electrons. The third-order valence-electron chi connectivity index (χ3n) is 8.68. The Kier molecular flexibility index (Phi) is 9.67. The molecule has 4 heterocycles. The molecule has 4 aromatic heterocycles. The van der Waals surface area contributed by atoms with Crippen molar-refractivity contribution in [3.05, 3.63) is 136 Å². The number of aromatic nitrogens is 3. The first-order valence-corrected chi connectivity index (χ1v) is 15.3. The fraction of sp³-hybridized carbons (Fsp3) is 0.195. The van der Waals surface area contributed by atoms with E-state index in [0.717, 1.165) is 55.8 Å². The number of furan rings is 1. The van der Waals surface area contributed by atoms with E-state index in [0.29, 0.717) is 5.71 Å². The van der Waals surface area contributed by atoms with Crippen molar-refractivity contribution in [2.45, 2.75) is 55.4 Å². The van der Waals surface area contributed by atoms with Crippen molar-refractivity contribution >= 4 is 22.1 Å². The molecule has 0 fully saturated rings. The summed E-state index contributed by atoms with van der Waals surface area (Å²) in [5.41, 5.74) is 17.0. The van der Waals surface area contributed by atoms with Crippen molar-refractivity contribution in [3.8, 4) is 33.8 Å². The van der Waals surface area contributed by atoms with Crippen LogP contribution in [0.25, 0.3) is 55.8 Å². The van der Waals surface area contributed by atoms with Gasteiger partial charge in [0.2, 0.25) is 5.71 Å². The predicted octanol–water partition coefficient (Wildman–Crippen LogP) is 10.5. The molecule has 0 bridgehead atoms. The molecule has 5 heteroatoms. The number of pyridine rings is 3. The minimum Gasteiger partial charge on any atom is -0.486 e. The maximum absolute atomic E-state index is 6.31. The Morgan fingerprint density at radius 3 is 2.04 bits per heavy atom. The van der Waals surface area contributed by atoms with Crippen molar-refractivity contribution in [1.82, 2.24) is 15.0 Å². The number of fused-ring (bicyclic) bond motifs is 3. The maximum Gasteiger partial charge on any atom is 0.216 e. The first-order chi connectivity index (χ1) is 21.6. The zero-order chi connectivity index (χ0) is 31.8. The summed E-state index contributed by atoms with van der Waals surface area (Å²) < 4.78 is 6.31. The zero-order valence-corrected chi connectivity index (χ0v) is 30.0. The van der Waals surface area contributed by atoms with Crippen LogP contribution in [0.4, 0.5) is 0 Å². The van der Waals surface area contributed by atoms with Gasteiger partial charge in [-0.1, -0.05) is 59.3 Å². The van der Waals surface area contributed by atoms with E-state index in [2.05, 4.69) is 120 Å². The monoisotopic (exact) mass is 780 g/mol. The molecule has 1 radical (unpaired) electrons. The van der Waals surface area contributed by atoms with Crippen LogP contribution < -0.4 is 0 Å². The third-order valence-corrected chi connectivity index (χ3v) is 8.68. The van der Waals surface area contributed by atoms with Crippen LogP contribution in [-0.4, -0.2) is 15.0 Å². The van der Waals surface area contributed by atoms with Gasteiger partial charge in [0.15, 0.2) is 0 Å². The fourth-order valence-corrected chi connectivity index (χ4v) is 5.63. The van der Waals surface area contributed by atoms with E-state index < -0.39 is 0 Å². The van der Waals surface area contributed by atoms with Gasteiger partial charge in [-0.05, 0) is 94.2 Å². The molecule has 0 atom stereocenters. The number of aryl methyl sites for hydroxylation is 7. The van der Waals surface area contributed by atoms with Gasteiger partial charge in [0.1, 0.15) is 0 Å². The molecule has 0 aliphatic heterocycles. The Morgan fingerprint density at radius 2 is 1.37 bits per heavy atom. The van der Waals surface area contributed by atoms with Gasteiger partial charge < -0.3 is 14.4 Å². The molecule has 3 aromatic carbocycles. The van der Waals surface area contributed by atoms with Gasteiger partial charge in [0.05, 0.1) is 11.3 Å². The SMILES string of the molecule is Cc1c[c-]c(-c2cc(C)c(C)cn2)cc1.Cc1cc(-c2[c-]ccc3c2oc2nc(-c4c(C)cccc4C)ccc23)nc(C)c1C.[Ir]. The molecule has 4 nitrogen and oxygen atoms in total. The molecule has 46 heavy (non-hydrogen) atoms. The Labute approximate surface area is 285 Å². The Morgan fingerprint density at radius 1 is 0.630 bits per heavy atom. The van der Waals surface area contributed by atoms with Crippen LogP contribution in [0.15, 0.2) is 83.4 Å². The van der Waals surface area contributed by atoms with Crippen molar-refractivity contribution in [2.75, 3.05) is 0 Å². The van der Waals surface area contributed by atoms with Gasteiger partial charge in [-0.15, -0.1) is 53.6 Å². The summed E-state index contributed by atoms with van der Waals surface area (Å²) in [5, 5.41) is 2.05. The van der Waals surface area contributed by atoms with E-state index >= 15 is 0 Å². The van der Waals surface area contributed by atoms with Gasteiger partial charge in [-0.3, -0.25) is 0 Å². The topological polar surface area (TPSA) is 51.8 Å². The molecule has 0 amide bonds. The largest absolute Gasteiger partial charge is 0.486 e.